The molecule has 0 saturated heterocycles. The van der Waals surface area contributed by atoms with Crippen LogP contribution in [0.2, 0.25) is 0 Å². The molecule has 0 N–H and O–H groups in total. The minimum Gasteiger partial charge on any atom is -0.286 e. The molecule has 0 amide bonds. The Hall–Kier alpha value is -1.43. The second kappa shape index (κ2) is 4.78. The summed E-state index contributed by atoms with van der Waals surface area (Å²) in [5.41, 5.74) is -1.34. The van der Waals surface area contributed by atoms with Crippen molar-refractivity contribution in [3.05, 3.63) is 34.5 Å². The van der Waals surface area contributed by atoms with Crippen LogP contribution in [-0.2, 0) is 4.79 Å². The van der Waals surface area contributed by atoms with E-state index in [4.69, 9.17) is 0 Å². The predicted molar refractivity (Wildman–Crippen MR) is 81.9 cm³/mol. The van der Waals surface area contributed by atoms with Crippen LogP contribution in [0.5, 0.6) is 0 Å². The molecule has 1 aromatic heterocycles. The average Bonchev–Trinajstić information content (AvgIpc) is 2.46. The zero-order valence-corrected chi connectivity index (χ0v) is 13.1. The van der Waals surface area contributed by atoms with E-state index in [-0.39, 0.29) is 10.0 Å². The van der Waals surface area contributed by atoms with E-state index in [9.17, 15) is 14.9 Å². The Bertz CT molecular complexity index is 620. The molecule has 0 aromatic carbocycles. The lowest BCUT2D eigenvalue weighted by atomic mass is 9.47. The van der Waals surface area contributed by atoms with Gasteiger partial charge in [-0.15, -0.1) is 0 Å². The molecule has 5 rings (SSSR count). The molecule has 4 aliphatic rings. The van der Waals surface area contributed by atoms with Crippen LogP contribution in [0, 0.1) is 27.4 Å². The monoisotopic (exact) mass is 318 g/mol. The largest absolute Gasteiger partial charge is 0.286 e. The summed E-state index contributed by atoms with van der Waals surface area (Å²) >= 11 is 1.17. The molecule has 0 aliphatic heterocycles. The first-order chi connectivity index (χ1) is 10.5. The third-order valence-corrected chi connectivity index (χ3v) is 6.75. The highest BCUT2D eigenvalue weighted by Crippen LogP contribution is 2.63. The summed E-state index contributed by atoms with van der Waals surface area (Å²) in [6.07, 6.45) is 6.17. The van der Waals surface area contributed by atoms with Crippen LogP contribution < -0.4 is 0 Å². The lowest BCUT2D eigenvalue weighted by molar-refractivity contribution is -0.590. The van der Waals surface area contributed by atoms with E-state index < -0.39 is 11.0 Å². The van der Waals surface area contributed by atoms with Gasteiger partial charge in [0.2, 0.25) is 10.7 Å². The number of carbonyl (C=O) groups excluding carboxylic acids is 1. The maximum atomic E-state index is 12.9. The van der Waals surface area contributed by atoms with Crippen molar-refractivity contribution < 1.29 is 9.72 Å². The number of carbonyl (C=O) groups is 1. The van der Waals surface area contributed by atoms with Crippen molar-refractivity contribution in [2.45, 2.75) is 49.1 Å². The van der Waals surface area contributed by atoms with Crippen molar-refractivity contribution in [2.75, 3.05) is 0 Å². The molecule has 4 saturated carbocycles. The smallest absolute Gasteiger partial charge is 0.223 e. The van der Waals surface area contributed by atoms with Gasteiger partial charge in [-0.2, -0.15) is 0 Å². The van der Waals surface area contributed by atoms with Crippen molar-refractivity contribution in [1.29, 1.82) is 0 Å². The summed E-state index contributed by atoms with van der Waals surface area (Å²) in [6.45, 7) is 0. The number of aromatic nitrogens is 1. The van der Waals surface area contributed by atoms with Crippen molar-refractivity contribution in [3.63, 3.8) is 0 Å². The molecule has 1 heterocycles. The Morgan fingerprint density at radius 2 is 2.00 bits per heavy atom. The Morgan fingerprint density at radius 1 is 1.27 bits per heavy atom. The molecule has 0 radical (unpaired) electrons. The molecule has 1 aromatic rings. The van der Waals surface area contributed by atoms with Gasteiger partial charge in [0.05, 0.1) is 0 Å². The molecule has 22 heavy (non-hydrogen) atoms. The van der Waals surface area contributed by atoms with E-state index >= 15 is 0 Å². The second-order valence-electron chi connectivity index (χ2n) is 7.28. The van der Waals surface area contributed by atoms with Gasteiger partial charge >= 0.3 is 0 Å². The lowest BCUT2D eigenvalue weighted by Crippen LogP contribution is -2.60. The van der Waals surface area contributed by atoms with Crippen molar-refractivity contribution in [3.8, 4) is 0 Å². The van der Waals surface area contributed by atoms with Crippen molar-refractivity contribution in [1.82, 2.24) is 4.98 Å². The van der Waals surface area contributed by atoms with E-state index in [1.54, 1.807) is 6.20 Å². The zero-order valence-electron chi connectivity index (χ0n) is 12.2. The number of nitro groups is 1. The van der Waals surface area contributed by atoms with Gasteiger partial charge in [-0.05, 0) is 55.0 Å². The highest BCUT2D eigenvalue weighted by atomic mass is 32.2. The Labute approximate surface area is 133 Å². The summed E-state index contributed by atoms with van der Waals surface area (Å²) in [6, 6.07) is 5.51. The normalized spacial score (nSPS) is 38.9. The molecule has 0 spiro atoms. The van der Waals surface area contributed by atoms with E-state index in [1.807, 2.05) is 18.2 Å². The number of pyridine rings is 1. The van der Waals surface area contributed by atoms with Gasteiger partial charge in [0.15, 0.2) is 0 Å². The molecule has 6 heteroatoms. The Balaban J connectivity index is 1.63. The number of nitrogens with zero attached hydrogens (tertiary/aromatic N) is 2. The molecule has 2 unspecified atom stereocenters. The van der Waals surface area contributed by atoms with Gasteiger partial charge in [-0.1, -0.05) is 6.07 Å². The van der Waals surface area contributed by atoms with Crippen LogP contribution in [0.3, 0.4) is 0 Å². The maximum Gasteiger partial charge on any atom is 0.223 e. The van der Waals surface area contributed by atoms with Crippen LogP contribution in [-0.4, -0.2) is 20.6 Å². The van der Waals surface area contributed by atoms with Gasteiger partial charge in [-0.3, -0.25) is 14.9 Å². The van der Waals surface area contributed by atoms with Crippen molar-refractivity contribution >= 4 is 16.9 Å². The third kappa shape index (κ3) is 2.07. The standard InChI is InChI=1S/C16H18N2O3S/c19-14(22-13-3-1-2-4-17-13)15-6-11-5-12(7-15)9-16(8-11,10-15)18(20)21/h1-4,11-12H,5-10H2. The lowest BCUT2D eigenvalue weighted by Gasteiger charge is -2.56. The first-order valence-corrected chi connectivity index (χ1v) is 8.61. The van der Waals surface area contributed by atoms with E-state index in [1.165, 1.54) is 11.8 Å². The topological polar surface area (TPSA) is 73.1 Å². The summed E-state index contributed by atoms with van der Waals surface area (Å²) in [5.74, 6) is 0.694. The number of hydrogen-bond donors (Lipinski definition) is 0. The van der Waals surface area contributed by atoms with Crippen LogP contribution in [0.1, 0.15) is 38.5 Å². The fourth-order valence-corrected chi connectivity index (χ4v) is 6.18. The second-order valence-corrected chi connectivity index (χ2v) is 8.27. The third-order valence-electron chi connectivity index (χ3n) is 5.69. The number of thioether (sulfide) groups is 1. The van der Waals surface area contributed by atoms with Crippen LogP contribution >= 0.6 is 11.8 Å². The highest BCUT2D eigenvalue weighted by Gasteiger charge is 2.66. The van der Waals surface area contributed by atoms with Gasteiger partial charge in [0.1, 0.15) is 5.03 Å². The SMILES string of the molecule is O=C(Sc1ccccn1)C12CC3CC(C1)CC([N+](=O)[O-])(C3)C2. The summed E-state index contributed by atoms with van der Waals surface area (Å²) < 4.78 is 0. The molecule has 2 atom stereocenters. The first kappa shape index (κ1) is 14.2. The zero-order chi connectivity index (χ0) is 15.4. The highest BCUT2D eigenvalue weighted by molar-refractivity contribution is 8.13. The molecule has 4 fully saturated rings. The van der Waals surface area contributed by atoms with E-state index in [0.717, 1.165) is 19.3 Å². The Morgan fingerprint density at radius 3 is 2.59 bits per heavy atom. The molecular formula is C16H18N2O3S. The molecule has 116 valence electrons. The van der Waals surface area contributed by atoms with Gasteiger partial charge in [0.25, 0.3) is 0 Å². The average molecular weight is 318 g/mol. The fourth-order valence-electron chi connectivity index (χ4n) is 5.28. The molecule has 4 aliphatic carbocycles. The number of hydrogen-bond acceptors (Lipinski definition) is 5. The molecular weight excluding hydrogens is 300 g/mol. The summed E-state index contributed by atoms with van der Waals surface area (Å²) in [7, 11) is 0. The minimum absolute atomic E-state index is 0.0854. The molecule has 5 nitrogen and oxygen atoms in total. The first-order valence-electron chi connectivity index (χ1n) is 7.79. The van der Waals surface area contributed by atoms with E-state index in [0.29, 0.717) is 36.1 Å². The fraction of sp³-hybridized carbons (Fsp3) is 0.625. The predicted octanol–water partition coefficient (Wildman–Crippen LogP) is 3.32. The maximum absolute atomic E-state index is 12.9. The quantitative estimate of drug-likeness (QED) is 0.485. The number of rotatable bonds is 3. The Kier molecular flexibility index (Phi) is 3.08. The molecule has 4 bridgehead atoms. The van der Waals surface area contributed by atoms with E-state index in [2.05, 4.69) is 4.98 Å². The van der Waals surface area contributed by atoms with Gasteiger partial charge < -0.3 is 0 Å². The van der Waals surface area contributed by atoms with Gasteiger partial charge in [0, 0.05) is 35.8 Å². The van der Waals surface area contributed by atoms with Crippen LogP contribution in [0.15, 0.2) is 29.4 Å². The van der Waals surface area contributed by atoms with Crippen LogP contribution in [0.25, 0.3) is 0 Å². The summed E-state index contributed by atoms with van der Waals surface area (Å²) in [4.78, 5) is 28.7. The summed E-state index contributed by atoms with van der Waals surface area (Å²) in [5, 5.41) is 12.4. The van der Waals surface area contributed by atoms with Crippen LogP contribution in [0.4, 0.5) is 0 Å². The van der Waals surface area contributed by atoms with Gasteiger partial charge in [-0.25, -0.2) is 4.98 Å². The van der Waals surface area contributed by atoms with Crippen molar-refractivity contribution in [2.24, 2.45) is 17.3 Å². The minimum atomic E-state index is -0.843.